The molecule has 0 spiro atoms. The molecule has 0 unspecified atom stereocenters. The normalized spacial score (nSPS) is 15.5. The third kappa shape index (κ3) is 3.27. The minimum Gasteiger partial charge on any atom is -0.346 e. The van der Waals surface area contributed by atoms with E-state index in [9.17, 15) is 0 Å². The molecule has 1 aromatic carbocycles. The first kappa shape index (κ1) is 14.9. The van der Waals surface area contributed by atoms with Crippen LogP contribution in [0.15, 0.2) is 28.7 Å². The molecule has 0 aliphatic heterocycles. The van der Waals surface area contributed by atoms with Crippen LogP contribution in [-0.2, 0) is 6.42 Å². The Labute approximate surface area is 139 Å². The highest BCUT2D eigenvalue weighted by atomic mass is 79.9. The van der Waals surface area contributed by atoms with Gasteiger partial charge in [0.2, 0.25) is 0 Å². The van der Waals surface area contributed by atoms with Gasteiger partial charge in [0, 0.05) is 18.0 Å². The van der Waals surface area contributed by atoms with Crippen molar-refractivity contribution in [3.05, 3.63) is 56.0 Å². The fraction of sp³-hybridized carbons (Fsp3) is 0.412. The summed E-state index contributed by atoms with van der Waals surface area (Å²) in [5, 5.41) is 0. The topological polar surface area (TPSA) is 28.7 Å². The summed E-state index contributed by atoms with van der Waals surface area (Å²) < 4.78 is 1.66. The van der Waals surface area contributed by atoms with E-state index in [4.69, 9.17) is 12.2 Å². The van der Waals surface area contributed by atoms with Crippen LogP contribution >= 0.6 is 28.1 Å². The number of aromatic nitrogens is 2. The highest BCUT2D eigenvalue weighted by Crippen LogP contribution is 2.36. The maximum absolute atomic E-state index is 5.43. The van der Waals surface area contributed by atoms with Crippen molar-refractivity contribution in [2.75, 3.05) is 0 Å². The zero-order valence-corrected chi connectivity index (χ0v) is 14.6. The van der Waals surface area contributed by atoms with Gasteiger partial charge in [-0.3, -0.25) is 0 Å². The standard InChI is InChI=1S/C17H19BrN2S/c1-11-6-2-3-9-13(11)10-14-19-16(12-7-4-5-8-12)15(18)17(21)20-14/h2-3,6,9,12H,4-5,7-8,10H2,1H3,(H,19,20,21). The van der Waals surface area contributed by atoms with Gasteiger partial charge >= 0.3 is 0 Å². The van der Waals surface area contributed by atoms with Gasteiger partial charge in [0.15, 0.2) is 0 Å². The molecular weight excluding hydrogens is 344 g/mol. The molecule has 2 aromatic rings. The summed E-state index contributed by atoms with van der Waals surface area (Å²) in [6, 6.07) is 8.44. The molecule has 21 heavy (non-hydrogen) atoms. The number of hydrogen-bond acceptors (Lipinski definition) is 2. The van der Waals surface area contributed by atoms with Crippen molar-refractivity contribution in [1.82, 2.24) is 9.97 Å². The number of aryl methyl sites for hydroxylation is 1. The summed E-state index contributed by atoms with van der Waals surface area (Å²) in [5.74, 6) is 1.57. The molecule has 1 aromatic heterocycles. The molecule has 0 saturated heterocycles. The van der Waals surface area contributed by atoms with Crippen molar-refractivity contribution in [1.29, 1.82) is 0 Å². The monoisotopic (exact) mass is 362 g/mol. The minimum absolute atomic E-state index is 0.597. The van der Waals surface area contributed by atoms with Gasteiger partial charge in [0.1, 0.15) is 10.5 Å². The summed E-state index contributed by atoms with van der Waals surface area (Å²) >= 11 is 9.06. The lowest BCUT2D eigenvalue weighted by Crippen LogP contribution is -2.06. The van der Waals surface area contributed by atoms with Crippen LogP contribution in [0, 0.1) is 11.6 Å². The summed E-state index contributed by atoms with van der Waals surface area (Å²) in [6.45, 7) is 2.14. The van der Waals surface area contributed by atoms with Crippen LogP contribution in [0.3, 0.4) is 0 Å². The van der Waals surface area contributed by atoms with E-state index in [1.165, 1.54) is 42.5 Å². The average molecular weight is 363 g/mol. The lowest BCUT2D eigenvalue weighted by atomic mass is 10.0. The number of nitrogens with one attached hydrogen (secondary N) is 1. The highest BCUT2D eigenvalue weighted by Gasteiger charge is 2.21. The smallest absolute Gasteiger partial charge is 0.144 e. The molecule has 1 aliphatic carbocycles. The van der Waals surface area contributed by atoms with Gasteiger partial charge in [0.05, 0.1) is 4.47 Å². The molecule has 0 amide bonds. The van der Waals surface area contributed by atoms with Crippen molar-refractivity contribution in [3.8, 4) is 0 Å². The third-order valence-electron chi connectivity index (χ3n) is 4.32. The number of nitrogens with zero attached hydrogens (tertiary/aromatic N) is 1. The van der Waals surface area contributed by atoms with E-state index in [-0.39, 0.29) is 0 Å². The van der Waals surface area contributed by atoms with Gasteiger partial charge in [-0.1, -0.05) is 49.3 Å². The van der Waals surface area contributed by atoms with Crippen molar-refractivity contribution in [2.45, 2.75) is 44.9 Å². The van der Waals surface area contributed by atoms with Crippen LogP contribution < -0.4 is 0 Å². The van der Waals surface area contributed by atoms with Crippen molar-refractivity contribution < 1.29 is 0 Å². The second kappa shape index (κ2) is 6.41. The maximum Gasteiger partial charge on any atom is 0.144 e. The van der Waals surface area contributed by atoms with E-state index in [0.29, 0.717) is 10.6 Å². The molecular formula is C17H19BrN2S. The van der Waals surface area contributed by atoms with Gasteiger partial charge < -0.3 is 4.98 Å². The Bertz CT molecular complexity index is 702. The Kier molecular flexibility index (Phi) is 4.55. The second-order valence-corrected chi connectivity index (χ2v) is 6.98. The summed E-state index contributed by atoms with van der Waals surface area (Å²) in [4.78, 5) is 8.10. The molecule has 0 bridgehead atoms. The number of aromatic amines is 1. The van der Waals surface area contributed by atoms with Crippen molar-refractivity contribution >= 4 is 28.1 Å². The first-order valence-electron chi connectivity index (χ1n) is 7.48. The summed E-state index contributed by atoms with van der Waals surface area (Å²) in [7, 11) is 0. The van der Waals surface area contributed by atoms with E-state index in [0.717, 1.165) is 16.7 Å². The molecule has 1 fully saturated rings. The zero-order chi connectivity index (χ0) is 14.8. The first-order chi connectivity index (χ1) is 10.1. The van der Waals surface area contributed by atoms with Crippen molar-refractivity contribution in [3.63, 3.8) is 0 Å². The second-order valence-electron chi connectivity index (χ2n) is 5.80. The van der Waals surface area contributed by atoms with Gasteiger partial charge in [-0.2, -0.15) is 0 Å². The van der Waals surface area contributed by atoms with Crippen LogP contribution in [0.4, 0.5) is 0 Å². The lowest BCUT2D eigenvalue weighted by molar-refractivity contribution is 0.679. The van der Waals surface area contributed by atoms with Crippen LogP contribution in [0.1, 0.15) is 54.2 Å². The number of rotatable bonds is 3. The van der Waals surface area contributed by atoms with E-state index in [1.54, 1.807) is 0 Å². The maximum atomic E-state index is 5.43. The molecule has 3 rings (SSSR count). The molecule has 2 nitrogen and oxygen atoms in total. The summed E-state index contributed by atoms with van der Waals surface area (Å²) in [6.07, 6.45) is 5.93. The molecule has 110 valence electrons. The molecule has 1 heterocycles. The Hall–Kier alpha value is -1.00. The molecule has 1 saturated carbocycles. The number of hydrogen-bond donors (Lipinski definition) is 1. The molecule has 1 aliphatic rings. The highest BCUT2D eigenvalue weighted by molar-refractivity contribution is 9.10. The van der Waals surface area contributed by atoms with Gasteiger partial charge in [-0.05, 0) is 46.8 Å². The predicted molar refractivity (Wildman–Crippen MR) is 92.3 cm³/mol. The fourth-order valence-electron chi connectivity index (χ4n) is 3.09. The van der Waals surface area contributed by atoms with Crippen LogP contribution in [0.5, 0.6) is 0 Å². The minimum atomic E-state index is 0.597. The molecule has 0 radical (unpaired) electrons. The SMILES string of the molecule is Cc1ccccc1Cc1nc(=S)c(Br)c(C2CCCC2)[nH]1. The molecule has 1 N–H and O–H groups in total. The van der Waals surface area contributed by atoms with Crippen LogP contribution in [0.25, 0.3) is 0 Å². The van der Waals surface area contributed by atoms with E-state index in [2.05, 4.69) is 57.1 Å². The summed E-state index contributed by atoms with van der Waals surface area (Å²) in [5.41, 5.74) is 3.84. The van der Waals surface area contributed by atoms with E-state index in [1.807, 2.05) is 0 Å². The Morgan fingerprint density at radius 1 is 1.29 bits per heavy atom. The lowest BCUT2D eigenvalue weighted by Gasteiger charge is -2.14. The molecule has 0 atom stereocenters. The number of halogens is 1. The van der Waals surface area contributed by atoms with Gasteiger partial charge in [-0.15, -0.1) is 0 Å². The van der Waals surface area contributed by atoms with Crippen LogP contribution in [0.2, 0.25) is 0 Å². The largest absolute Gasteiger partial charge is 0.346 e. The first-order valence-corrected chi connectivity index (χ1v) is 8.68. The predicted octanol–water partition coefficient (Wildman–Crippen LogP) is 5.46. The van der Waals surface area contributed by atoms with Gasteiger partial charge in [-0.25, -0.2) is 4.98 Å². The number of H-pyrrole nitrogens is 1. The zero-order valence-electron chi connectivity index (χ0n) is 12.2. The third-order valence-corrected chi connectivity index (χ3v) is 5.68. The fourth-order valence-corrected chi connectivity index (χ4v) is 3.83. The quantitative estimate of drug-likeness (QED) is 0.734. The van der Waals surface area contributed by atoms with E-state index < -0.39 is 0 Å². The average Bonchev–Trinajstić information content (AvgIpc) is 2.99. The van der Waals surface area contributed by atoms with Gasteiger partial charge in [0.25, 0.3) is 0 Å². The van der Waals surface area contributed by atoms with E-state index >= 15 is 0 Å². The Morgan fingerprint density at radius 3 is 2.71 bits per heavy atom. The van der Waals surface area contributed by atoms with Crippen molar-refractivity contribution in [2.24, 2.45) is 0 Å². The van der Waals surface area contributed by atoms with Crippen LogP contribution in [-0.4, -0.2) is 9.97 Å². The Morgan fingerprint density at radius 2 is 2.00 bits per heavy atom. The molecule has 4 heteroatoms. The number of benzene rings is 1. The Balaban J connectivity index is 1.96.